The molecule has 5 aromatic rings. The number of Topliss-reactive ketones (excluding diaryl/α,β-unsaturated/α-hetero) is 1. The number of aryl methyl sites for hydroxylation is 1. The van der Waals surface area contributed by atoms with Crippen molar-refractivity contribution in [1.29, 1.82) is 0 Å². The van der Waals surface area contributed by atoms with Crippen LogP contribution >= 0.6 is 35.1 Å². The summed E-state index contributed by atoms with van der Waals surface area (Å²) in [6, 6.07) is 26.5. The Labute approximate surface area is 259 Å². The topological polar surface area (TPSA) is 53.2 Å². The molecule has 1 amide bonds. The smallest absolute Gasteiger partial charge is 0.274 e. The fourth-order valence-corrected chi connectivity index (χ4v) is 9.56. The first-order chi connectivity index (χ1) is 20.5. The summed E-state index contributed by atoms with van der Waals surface area (Å²) in [4.78, 5) is 32.3. The molecule has 0 aliphatic carbocycles. The molecule has 3 heterocycles. The van der Waals surface area contributed by atoms with Crippen molar-refractivity contribution in [2.45, 2.75) is 30.9 Å². The number of hydrogen-bond acceptors (Lipinski definition) is 4. The maximum absolute atomic E-state index is 13.9. The Balaban J connectivity index is 1.12. The predicted octanol–water partition coefficient (Wildman–Crippen LogP) is 8.39. The van der Waals surface area contributed by atoms with Crippen LogP contribution in [-0.4, -0.2) is 45.2 Å². The van der Waals surface area contributed by atoms with Gasteiger partial charge in [-0.05, 0) is 76.7 Å². The number of amides is 1. The maximum Gasteiger partial charge on any atom is 0.274 e. The lowest BCUT2D eigenvalue weighted by Gasteiger charge is -2.18. The Hall–Kier alpha value is -3.19. The number of alkyl halides is 1. The van der Waals surface area contributed by atoms with Crippen LogP contribution in [0.5, 0.6) is 0 Å². The molecule has 2 atom stereocenters. The van der Waals surface area contributed by atoms with Crippen LogP contribution in [-0.2, 0) is 12.8 Å². The van der Waals surface area contributed by atoms with E-state index in [0.29, 0.717) is 29.8 Å². The number of aromatic amines is 1. The van der Waals surface area contributed by atoms with Gasteiger partial charge in [0.1, 0.15) is 5.69 Å². The highest BCUT2D eigenvalue weighted by atomic mass is 35.5. The van der Waals surface area contributed by atoms with E-state index in [0.717, 1.165) is 50.3 Å². The molecule has 0 spiro atoms. The predicted molar refractivity (Wildman–Crippen MR) is 179 cm³/mol. The minimum absolute atomic E-state index is 0.0667. The second kappa shape index (κ2) is 11.5. The minimum atomic E-state index is -0.0667. The van der Waals surface area contributed by atoms with Crippen molar-refractivity contribution < 1.29 is 9.59 Å². The first-order valence-electron chi connectivity index (χ1n) is 14.3. The maximum atomic E-state index is 13.9. The number of nitrogens with one attached hydrogen (secondary N) is 1. The molecule has 2 aliphatic rings. The number of aromatic nitrogens is 1. The first kappa shape index (κ1) is 27.6. The summed E-state index contributed by atoms with van der Waals surface area (Å²) in [6.45, 7) is 2.65. The van der Waals surface area contributed by atoms with E-state index in [1.165, 1.54) is 22.1 Å². The highest BCUT2D eigenvalue weighted by molar-refractivity contribution is 8.19. The highest BCUT2D eigenvalue weighted by Crippen LogP contribution is 2.43. The first-order valence-corrected chi connectivity index (χ1v) is 17.1. The van der Waals surface area contributed by atoms with Crippen molar-refractivity contribution in [3.63, 3.8) is 0 Å². The quantitative estimate of drug-likeness (QED) is 0.149. The van der Waals surface area contributed by atoms with Gasteiger partial charge in [-0.1, -0.05) is 48.5 Å². The van der Waals surface area contributed by atoms with Gasteiger partial charge in [-0.2, -0.15) is 0 Å². The Morgan fingerprint density at radius 2 is 1.83 bits per heavy atom. The molecule has 2 aliphatic heterocycles. The summed E-state index contributed by atoms with van der Waals surface area (Å²) in [7, 11) is 0. The van der Waals surface area contributed by atoms with E-state index in [9.17, 15) is 9.59 Å². The van der Waals surface area contributed by atoms with Crippen molar-refractivity contribution in [2.24, 2.45) is 0 Å². The normalized spacial score (nSPS) is 18.2. The molecular formula is C35H31ClN2O2S2. The number of rotatable bonds is 7. The Kier molecular flexibility index (Phi) is 7.55. The molecule has 0 radical (unpaired) electrons. The van der Waals surface area contributed by atoms with Crippen LogP contribution in [0.2, 0.25) is 0 Å². The number of fused-ring (bicyclic) bond motifs is 4. The zero-order chi connectivity index (χ0) is 28.8. The zero-order valence-corrected chi connectivity index (χ0v) is 25.7. The van der Waals surface area contributed by atoms with E-state index in [1.54, 1.807) is 0 Å². The van der Waals surface area contributed by atoms with Crippen molar-refractivity contribution in [3.8, 4) is 0 Å². The number of carbonyl (C=O) groups excluding carboxylic acids is 2. The highest BCUT2D eigenvalue weighted by Gasteiger charge is 2.35. The molecule has 42 heavy (non-hydrogen) atoms. The number of H-pyrrole nitrogens is 1. The van der Waals surface area contributed by atoms with Gasteiger partial charge < -0.3 is 9.88 Å². The SMILES string of the molecule is Cc1cc2c(c3ccccc13)[C@H](CCl)CN2C(=O)c1cc2cc(CC(=O)c3cccc(C[C@H]4CSCS4)c3)ccc2[nH]1. The lowest BCUT2D eigenvalue weighted by molar-refractivity contribution is 0.0979. The van der Waals surface area contributed by atoms with Crippen molar-refractivity contribution in [2.75, 3.05) is 28.2 Å². The van der Waals surface area contributed by atoms with Crippen LogP contribution in [0, 0.1) is 6.92 Å². The second-order valence-corrected chi connectivity index (χ2v) is 14.3. The Morgan fingerprint density at radius 1 is 0.976 bits per heavy atom. The number of thioether (sulfide) groups is 2. The van der Waals surface area contributed by atoms with Crippen molar-refractivity contribution in [1.82, 2.24) is 4.98 Å². The molecule has 1 aromatic heterocycles. The fourth-order valence-electron chi connectivity index (χ4n) is 6.41. The summed E-state index contributed by atoms with van der Waals surface area (Å²) < 4.78 is 0. The van der Waals surface area contributed by atoms with Gasteiger partial charge in [-0.25, -0.2) is 0 Å². The van der Waals surface area contributed by atoms with Crippen LogP contribution in [0.15, 0.2) is 78.9 Å². The van der Waals surface area contributed by atoms with Crippen LogP contribution in [0.4, 0.5) is 5.69 Å². The molecule has 4 nitrogen and oxygen atoms in total. The molecule has 0 bridgehead atoms. The Morgan fingerprint density at radius 3 is 2.64 bits per heavy atom. The lowest BCUT2D eigenvalue weighted by atomic mass is 9.93. The molecule has 7 heteroatoms. The number of benzene rings is 4. The zero-order valence-electron chi connectivity index (χ0n) is 23.4. The summed E-state index contributed by atoms with van der Waals surface area (Å²) in [5.74, 6) is 1.75. The van der Waals surface area contributed by atoms with Crippen LogP contribution in [0.1, 0.15) is 49.0 Å². The largest absolute Gasteiger partial charge is 0.351 e. The van der Waals surface area contributed by atoms with Gasteiger partial charge in [-0.3, -0.25) is 9.59 Å². The molecule has 4 aromatic carbocycles. The summed E-state index contributed by atoms with van der Waals surface area (Å²) in [6.07, 6.45) is 1.33. The van der Waals surface area contributed by atoms with Gasteiger partial charge >= 0.3 is 0 Å². The number of ketones is 1. The Bertz CT molecular complexity index is 1840. The van der Waals surface area contributed by atoms with Gasteiger partial charge in [0, 0.05) is 63.0 Å². The van der Waals surface area contributed by atoms with Gasteiger partial charge in [0.2, 0.25) is 0 Å². The van der Waals surface area contributed by atoms with Crippen molar-refractivity contribution >= 4 is 74.2 Å². The minimum Gasteiger partial charge on any atom is -0.351 e. The second-order valence-electron chi connectivity index (χ2n) is 11.3. The number of hydrogen-bond donors (Lipinski definition) is 1. The van der Waals surface area contributed by atoms with E-state index in [-0.39, 0.29) is 17.6 Å². The number of anilines is 1. The van der Waals surface area contributed by atoms with E-state index < -0.39 is 0 Å². The van der Waals surface area contributed by atoms with Gasteiger partial charge in [-0.15, -0.1) is 35.1 Å². The van der Waals surface area contributed by atoms with Gasteiger partial charge in [0.25, 0.3) is 5.91 Å². The van der Waals surface area contributed by atoms with Crippen LogP contribution in [0.3, 0.4) is 0 Å². The molecule has 7 rings (SSSR count). The van der Waals surface area contributed by atoms with E-state index >= 15 is 0 Å². The van der Waals surface area contributed by atoms with Crippen molar-refractivity contribution in [3.05, 3.63) is 112 Å². The molecular weight excluding hydrogens is 580 g/mol. The molecule has 212 valence electrons. The molecule has 1 N–H and O–H groups in total. The molecule has 0 unspecified atom stereocenters. The fraction of sp³-hybridized carbons (Fsp3) is 0.257. The number of nitrogens with zero attached hydrogens (tertiary/aromatic N) is 1. The van der Waals surface area contributed by atoms with E-state index in [4.69, 9.17) is 11.6 Å². The van der Waals surface area contributed by atoms with E-state index in [2.05, 4.69) is 48.3 Å². The summed E-state index contributed by atoms with van der Waals surface area (Å²) >= 11 is 10.4. The average Bonchev–Trinajstić information content (AvgIpc) is 3.76. The van der Waals surface area contributed by atoms with Crippen LogP contribution in [0.25, 0.3) is 21.7 Å². The summed E-state index contributed by atoms with van der Waals surface area (Å²) in [5.41, 5.74) is 7.59. The van der Waals surface area contributed by atoms with Gasteiger partial charge in [0.15, 0.2) is 5.78 Å². The molecule has 1 fully saturated rings. The average molecular weight is 611 g/mol. The van der Waals surface area contributed by atoms with Gasteiger partial charge in [0.05, 0.1) is 0 Å². The third-order valence-electron chi connectivity index (χ3n) is 8.49. The third kappa shape index (κ3) is 5.14. The van der Waals surface area contributed by atoms with E-state index in [1.807, 2.05) is 70.9 Å². The number of halogens is 1. The standard InChI is InChI=1S/C35H31ClN2O2S2/c1-21-11-32-34(29-8-3-2-7-28(21)29)26(17-36)18-38(32)35(40)31-16-25-13-23(9-10-30(25)37-31)15-33(39)24-6-4-5-22(12-24)14-27-19-41-20-42-27/h2-13,16,26-27,37H,14-15,17-20H2,1H3/t26-,27+/m1/s1. The summed E-state index contributed by atoms with van der Waals surface area (Å²) in [5, 5.41) is 5.09. The monoisotopic (exact) mass is 610 g/mol. The number of carbonyl (C=O) groups is 2. The third-order valence-corrected chi connectivity index (χ3v) is 11.7. The van der Waals surface area contributed by atoms with Crippen LogP contribution < -0.4 is 4.90 Å². The molecule has 0 saturated carbocycles. The lowest BCUT2D eigenvalue weighted by Crippen LogP contribution is -2.30. The molecule has 1 saturated heterocycles.